The molecule has 1 aromatic heterocycles. The van der Waals surface area contributed by atoms with E-state index in [1.165, 1.54) is 18.0 Å². The molecule has 0 amide bonds. The number of aromatic nitrogens is 1. The molecule has 0 saturated heterocycles. The maximum absolute atomic E-state index is 12.4. The molecule has 0 aliphatic heterocycles. The van der Waals surface area contributed by atoms with Crippen LogP contribution in [0.4, 0.5) is 0 Å². The Kier molecular flexibility index (Phi) is 3.77. The molecule has 1 aliphatic carbocycles. The average molecular weight is 335 g/mol. The molecular formula is C20H21NO2Si. The first-order valence-electron chi connectivity index (χ1n) is 8.45. The van der Waals surface area contributed by atoms with Crippen molar-refractivity contribution in [1.29, 1.82) is 0 Å². The van der Waals surface area contributed by atoms with Gasteiger partial charge < -0.3 is 9.30 Å². The first-order chi connectivity index (χ1) is 11.6. The lowest BCUT2D eigenvalue weighted by atomic mass is 10.00. The average Bonchev–Trinajstić information content (AvgIpc) is 3.41. The molecule has 24 heavy (non-hydrogen) atoms. The molecule has 1 fully saturated rings. The second kappa shape index (κ2) is 5.95. The largest absolute Gasteiger partial charge is 0.493 e. The van der Waals surface area contributed by atoms with Gasteiger partial charge in [0.1, 0.15) is 5.75 Å². The molecule has 0 spiro atoms. The lowest BCUT2D eigenvalue weighted by molar-refractivity contribution is 0.301. The standard InChI is InChI=1S/C20H21NO2Si/c1-21-11-18(15-4-2-3-5-16(15)20(21)22)17-10-14(24)8-9-19(17)23-12-13-6-7-13/h2-5,8-11,13H,6-7,12H2,1,24H3. The third-order valence-corrected chi connectivity index (χ3v) is 5.31. The Bertz CT molecular complexity index is 973. The molecule has 3 aromatic rings. The third-order valence-electron chi connectivity index (χ3n) is 4.69. The van der Waals surface area contributed by atoms with Crippen LogP contribution in [0.3, 0.4) is 0 Å². The molecule has 122 valence electrons. The normalized spacial score (nSPS) is 14.2. The van der Waals surface area contributed by atoms with Gasteiger partial charge in [-0.3, -0.25) is 4.79 Å². The summed E-state index contributed by atoms with van der Waals surface area (Å²) in [6.45, 7) is 0.789. The van der Waals surface area contributed by atoms with E-state index in [1.807, 2.05) is 37.5 Å². The Hall–Kier alpha value is -2.33. The predicted molar refractivity (Wildman–Crippen MR) is 102 cm³/mol. The van der Waals surface area contributed by atoms with Crippen LogP contribution >= 0.6 is 0 Å². The molecule has 4 heteroatoms. The highest BCUT2D eigenvalue weighted by Gasteiger charge is 2.23. The zero-order valence-electron chi connectivity index (χ0n) is 14.1. The van der Waals surface area contributed by atoms with Crippen LogP contribution in [0.5, 0.6) is 5.75 Å². The minimum absolute atomic E-state index is 0.0387. The van der Waals surface area contributed by atoms with Crippen molar-refractivity contribution in [2.45, 2.75) is 12.8 Å². The Morgan fingerprint density at radius 1 is 1.12 bits per heavy atom. The van der Waals surface area contributed by atoms with Crippen LogP contribution in [0.1, 0.15) is 12.8 Å². The second-order valence-electron chi connectivity index (χ2n) is 6.76. The summed E-state index contributed by atoms with van der Waals surface area (Å²) in [6.07, 6.45) is 4.48. The maximum atomic E-state index is 12.4. The lowest BCUT2D eigenvalue weighted by Gasteiger charge is -2.15. The van der Waals surface area contributed by atoms with Crippen molar-refractivity contribution in [2.75, 3.05) is 6.61 Å². The fraction of sp³-hybridized carbons (Fsp3) is 0.250. The van der Waals surface area contributed by atoms with Gasteiger partial charge in [-0.05, 0) is 36.3 Å². The van der Waals surface area contributed by atoms with E-state index in [-0.39, 0.29) is 5.56 Å². The number of aryl methyl sites for hydroxylation is 1. The van der Waals surface area contributed by atoms with E-state index >= 15 is 0 Å². The molecule has 1 aliphatic rings. The molecule has 0 atom stereocenters. The maximum Gasteiger partial charge on any atom is 0.258 e. The van der Waals surface area contributed by atoms with Gasteiger partial charge in [-0.25, -0.2) is 0 Å². The van der Waals surface area contributed by atoms with Crippen molar-refractivity contribution in [3.8, 4) is 16.9 Å². The van der Waals surface area contributed by atoms with Gasteiger partial charge in [0, 0.05) is 40.0 Å². The third kappa shape index (κ3) is 2.78. The van der Waals surface area contributed by atoms with Crippen molar-refractivity contribution < 1.29 is 4.74 Å². The summed E-state index contributed by atoms with van der Waals surface area (Å²) in [7, 11) is 2.80. The van der Waals surface area contributed by atoms with Crippen molar-refractivity contribution in [3.63, 3.8) is 0 Å². The van der Waals surface area contributed by atoms with Crippen molar-refractivity contribution in [2.24, 2.45) is 13.0 Å². The first kappa shape index (κ1) is 15.2. The van der Waals surface area contributed by atoms with E-state index < -0.39 is 0 Å². The van der Waals surface area contributed by atoms with Crippen LogP contribution < -0.4 is 15.5 Å². The van der Waals surface area contributed by atoms with Crippen molar-refractivity contribution in [3.05, 3.63) is 59.0 Å². The number of pyridine rings is 1. The van der Waals surface area contributed by atoms with Crippen molar-refractivity contribution in [1.82, 2.24) is 4.57 Å². The number of benzene rings is 2. The topological polar surface area (TPSA) is 31.2 Å². The summed E-state index contributed by atoms with van der Waals surface area (Å²) < 4.78 is 7.79. The van der Waals surface area contributed by atoms with E-state index in [0.29, 0.717) is 5.92 Å². The molecular weight excluding hydrogens is 314 g/mol. The van der Waals surface area contributed by atoms with Gasteiger partial charge in [0.05, 0.1) is 6.61 Å². The molecule has 1 heterocycles. The van der Waals surface area contributed by atoms with Crippen LogP contribution in [-0.2, 0) is 7.05 Å². The predicted octanol–water partition coefficient (Wildman–Crippen LogP) is 1.98. The van der Waals surface area contributed by atoms with Gasteiger partial charge in [0.15, 0.2) is 0 Å². The summed E-state index contributed by atoms with van der Waals surface area (Å²) in [4.78, 5) is 12.4. The highest BCUT2D eigenvalue weighted by atomic mass is 28.1. The van der Waals surface area contributed by atoms with Crippen LogP contribution in [0.25, 0.3) is 21.9 Å². The quantitative estimate of drug-likeness (QED) is 0.683. The zero-order chi connectivity index (χ0) is 16.7. The second-order valence-corrected chi connectivity index (χ2v) is 7.91. The van der Waals surface area contributed by atoms with Gasteiger partial charge >= 0.3 is 0 Å². The molecule has 0 N–H and O–H groups in total. The van der Waals surface area contributed by atoms with Crippen LogP contribution in [0.15, 0.2) is 53.5 Å². The first-order valence-corrected chi connectivity index (χ1v) is 9.45. The summed E-state index contributed by atoms with van der Waals surface area (Å²) in [5.41, 5.74) is 2.20. The molecule has 1 saturated carbocycles. The number of fused-ring (bicyclic) bond motifs is 1. The Morgan fingerprint density at radius 2 is 1.88 bits per heavy atom. The monoisotopic (exact) mass is 335 g/mol. The van der Waals surface area contributed by atoms with Gasteiger partial charge in [0.2, 0.25) is 0 Å². The highest BCUT2D eigenvalue weighted by molar-refractivity contribution is 6.32. The minimum atomic E-state index is 0.0387. The number of nitrogens with zero attached hydrogens (tertiary/aromatic N) is 1. The molecule has 0 radical (unpaired) electrons. The van der Waals surface area contributed by atoms with Crippen LogP contribution in [0, 0.1) is 5.92 Å². The Labute approximate surface area is 144 Å². The summed E-state index contributed by atoms with van der Waals surface area (Å²) >= 11 is 0. The zero-order valence-corrected chi connectivity index (χ0v) is 16.1. The van der Waals surface area contributed by atoms with Crippen molar-refractivity contribution >= 4 is 26.2 Å². The summed E-state index contributed by atoms with van der Waals surface area (Å²) in [6, 6.07) is 14.3. The molecule has 0 bridgehead atoms. The minimum Gasteiger partial charge on any atom is -0.493 e. The molecule has 4 rings (SSSR count). The van der Waals surface area contributed by atoms with E-state index in [9.17, 15) is 4.79 Å². The van der Waals surface area contributed by atoms with E-state index in [1.54, 1.807) is 4.57 Å². The number of ether oxygens (including phenoxy) is 1. The number of rotatable bonds is 4. The highest BCUT2D eigenvalue weighted by Crippen LogP contribution is 2.35. The number of hydrogen-bond acceptors (Lipinski definition) is 2. The van der Waals surface area contributed by atoms with E-state index in [2.05, 4.69) is 18.2 Å². The van der Waals surface area contributed by atoms with E-state index in [4.69, 9.17) is 4.74 Å². The van der Waals surface area contributed by atoms with Gasteiger partial charge in [-0.1, -0.05) is 35.5 Å². The molecule has 0 unspecified atom stereocenters. The lowest BCUT2D eigenvalue weighted by Crippen LogP contribution is -2.17. The number of hydrogen-bond donors (Lipinski definition) is 0. The fourth-order valence-corrected chi connectivity index (χ4v) is 3.56. The van der Waals surface area contributed by atoms with Gasteiger partial charge in [0.25, 0.3) is 5.56 Å². The molecule has 2 aromatic carbocycles. The van der Waals surface area contributed by atoms with Gasteiger partial charge in [-0.15, -0.1) is 0 Å². The summed E-state index contributed by atoms with van der Waals surface area (Å²) in [5, 5.41) is 3.07. The SMILES string of the molecule is Cn1cc(-c2cc([SiH3])ccc2OCC2CC2)c2ccccc2c1=O. The Balaban J connectivity index is 1.92. The smallest absolute Gasteiger partial charge is 0.258 e. The van der Waals surface area contributed by atoms with E-state index in [0.717, 1.165) is 44.5 Å². The van der Waals surface area contributed by atoms with Crippen LogP contribution in [0.2, 0.25) is 0 Å². The fourth-order valence-electron chi connectivity index (χ4n) is 3.10. The van der Waals surface area contributed by atoms with Gasteiger partial charge in [-0.2, -0.15) is 0 Å². The molecule has 3 nitrogen and oxygen atoms in total. The summed E-state index contributed by atoms with van der Waals surface area (Å²) in [5.74, 6) is 1.63. The Morgan fingerprint density at radius 3 is 2.62 bits per heavy atom. The van der Waals surface area contributed by atoms with Crippen LogP contribution in [-0.4, -0.2) is 21.4 Å².